The van der Waals surface area contributed by atoms with Crippen LogP contribution in [-0.4, -0.2) is 67.3 Å². The first-order valence-electron chi connectivity index (χ1n) is 6.85. The van der Waals surface area contributed by atoms with E-state index in [-0.39, 0.29) is 5.54 Å². The molecule has 2 aliphatic rings. The summed E-state index contributed by atoms with van der Waals surface area (Å²) in [6.07, 6.45) is 3.14. The molecule has 0 aliphatic carbocycles. The first-order chi connectivity index (χ1) is 8.05. The van der Waals surface area contributed by atoms with E-state index in [1.807, 2.05) is 0 Å². The number of likely N-dealkylation sites (N-methyl/N-ethyl adjacent to an activating group) is 1. The lowest BCUT2D eigenvalue weighted by Gasteiger charge is -2.52. The Hall–Kier alpha value is -0.160. The average Bonchev–Trinajstić information content (AvgIpc) is 2.27. The number of likely N-dealkylation sites (tertiary alicyclic amines) is 1. The summed E-state index contributed by atoms with van der Waals surface area (Å²) >= 11 is 0. The van der Waals surface area contributed by atoms with Crippen molar-refractivity contribution >= 4 is 0 Å². The van der Waals surface area contributed by atoms with Gasteiger partial charge in [-0.15, -0.1) is 0 Å². The number of rotatable bonds is 2. The van der Waals surface area contributed by atoms with Gasteiger partial charge in [0.15, 0.2) is 0 Å². The molecule has 0 radical (unpaired) electrons. The summed E-state index contributed by atoms with van der Waals surface area (Å²) in [4.78, 5) is 5.00. The van der Waals surface area contributed by atoms with Gasteiger partial charge in [0, 0.05) is 31.7 Å². The molecule has 0 spiro atoms. The van der Waals surface area contributed by atoms with Crippen LogP contribution in [0.3, 0.4) is 0 Å². The zero-order chi connectivity index (χ0) is 12.5. The van der Waals surface area contributed by atoms with E-state index in [0.29, 0.717) is 12.2 Å². The van der Waals surface area contributed by atoms with Gasteiger partial charge in [0.05, 0.1) is 12.2 Å². The second-order valence-corrected chi connectivity index (χ2v) is 5.93. The number of morpholine rings is 1. The fourth-order valence-corrected chi connectivity index (χ4v) is 3.46. The Kier molecular flexibility index (Phi) is 4.08. The van der Waals surface area contributed by atoms with Crippen molar-refractivity contribution in [2.24, 2.45) is 5.73 Å². The van der Waals surface area contributed by atoms with E-state index >= 15 is 0 Å². The molecule has 17 heavy (non-hydrogen) atoms. The van der Waals surface area contributed by atoms with Crippen LogP contribution in [0.15, 0.2) is 0 Å². The van der Waals surface area contributed by atoms with Crippen molar-refractivity contribution in [3.63, 3.8) is 0 Å². The molecule has 0 saturated carbocycles. The van der Waals surface area contributed by atoms with Crippen molar-refractivity contribution in [3.8, 4) is 0 Å². The number of ether oxygens (including phenoxy) is 1. The molecule has 4 nitrogen and oxygen atoms in total. The topological polar surface area (TPSA) is 41.7 Å². The van der Waals surface area contributed by atoms with Crippen molar-refractivity contribution in [2.75, 3.05) is 39.8 Å². The van der Waals surface area contributed by atoms with Gasteiger partial charge in [-0.3, -0.25) is 4.90 Å². The maximum Gasteiger partial charge on any atom is 0.0678 e. The molecule has 100 valence electrons. The predicted octanol–water partition coefficient (Wildman–Crippen LogP) is 0.519. The van der Waals surface area contributed by atoms with Gasteiger partial charge >= 0.3 is 0 Å². The van der Waals surface area contributed by atoms with E-state index in [9.17, 15) is 0 Å². The number of hydrogen-bond acceptors (Lipinski definition) is 4. The molecule has 2 saturated heterocycles. The van der Waals surface area contributed by atoms with Gasteiger partial charge in [-0.2, -0.15) is 0 Å². The van der Waals surface area contributed by atoms with Crippen LogP contribution in [0, 0.1) is 0 Å². The summed E-state index contributed by atoms with van der Waals surface area (Å²) in [5.74, 6) is 0. The first kappa shape index (κ1) is 13.3. The van der Waals surface area contributed by atoms with Crippen LogP contribution in [-0.2, 0) is 4.74 Å². The third kappa shape index (κ3) is 2.81. The highest BCUT2D eigenvalue weighted by molar-refractivity contribution is 4.99. The lowest BCUT2D eigenvalue weighted by atomic mass is 9.86. The summed E-state index contributed by atoms with van der Waals surface area (Å²) in [6, 6.07) is 0. The maximum atomic E-state index is 6.11. The number of hydrogen-bond donors (Lipinski definition) is 1. The van der Waals surface area contributed by atoms with Crippen LogP contribution in [0.4, 0.5) is 0 Å². The first-order valence-corrected chi connectivity index (χ1v) is 6.85. The van der Waals surface area contributed by atoms with Gasteiger partial charge in [-0.05, 0) is 40.3 Å². The summed E-state index contributed by atoms with van der Waals surface area (Å²) < 4.78 is 5.83. The summed E-state index contributed by atoms with van der Waals surface area (Å²) in [7, 11) is 2.21. The van der Waals surface area contributed by atoms with E-state index in [1.54, 1.807) is 0 Å². The van der Waals surface area contributed by atoms with E-state index in [4.69, 9.17) is 10.5 Å². The third-order valence-corrected chi connectivity index (χ3v) is 4.22. The van der Waals surface area contributed by atoms with Gasteiger partial charge in [0.1, 0.15) is 0 Å². The fraction of sp³-hybridized carbons (Fsp3) is 1.00. The van der Waals surface area contributed by atoms with Crippen molar-refractivity contribution in [1.29, 1.82) is 0 Å². The number of piperidine rings is 1. The average molecular weight is 241 g/mol. The third-order valence-electron chi connectivity index (χ3n) is 4.22. The molecule has 2 aliphatic heterocycles. The predicted molar refractivity (Wildman–Crippen MR) is 70.1 cm³/mol. The van der Waals surface area contributed by atoms with E-state index in [1.165, 1.54) is 19.4 Å². The highest BCUT2D eigenvalue weighted by Gasteiger charge is 2.41. The Morgan fingerprint density at radius 2 is 1.94 bits per heavy atom. The molecule has 4 heteroatoms. The zero-order valence-electron chi connectivity index (χ0n) is 11.5. The van der Waals surface area contributed by atoms with Gasteiger partial charge in [0.25, 0.3) is 0 Å². The van der Waals surface area contributed by atoms with Gasteiger partial charge in [-0.25, -0.2) is 0 Å². The Labute approximate surface area is 105 Å². The summed E-state index contributed by atoms with van der Waals surface area (Å²) in [5, 5.41) is 0. The van der Waals surface area contributed by atoms with Crippen LogP contribution in [0.1, 0.15) is 26.7 Å². The minimum Gasteiger partial charge on any atom is -0.373 e. The lowest BCUT2D eigenvalue weighted by molar-refractivity contribution is -0.112. The molecule has 0 aromatic rings. The molecule has 3 atom stereocenters. The smallest absolute Gasteiger partial charge is 0.0678 e. The zero-order valence-corrected chi connectivity index (χ0v) is 11.5. The van der Waals surface area contributed by atoms with Crippen LogP contribution in [0.25, 0.3) is 0 Å². The second kappa shape index (κ2) is 5.22. The molecular formula is C13H27N3O. The molecule has 1 unspecified atom stereocenters. The van der Waals surface area contributed by atoms with Gasteiger partial charge < -0.3 is 15.4 Å². The van der Waals surface area contributed by atoms with Crippen LogP contribution < -0.4 is 5.73 Å². The fourth-order valence-electron chi connectivity index (χ4n) is 3.46. The SMILES string of the molecule is C[C@@H]1CN(C2(CN)CCCN(C)C2)C[C@H](C)O1. The van der Waals surface area contributed by atoms with Gasteiger partial charge in [0.2, 0.25) is 0 Å². The van der Waals surface area contributed by atoms with E-state index in [0.717, 1.165) is 26.2 Å². The number of nitrogens with two attached hydrogens (primary N) is 1. The van der Waals surface area contributed by atoms with Gasteiger partial charge in [-0.1, -0.05) is 0 Å². The van der Waals surface area contributed by atoms with Crippen molar-refractivity contribution in [3.05, 3.63) is 0 Å². The standard InChI is InChI=1S/C13H27N3O/c1-11-7-16(8-12(2)17-11)13(9-14)5-4-6-15(3)10-13/h11-12H,4-10,14H2,1-3H3/t11-,12+,13?. The summed E-state index contributed by atoms with van der Waals surface area (Å²) in [6.45, 7) is 9.44. The molecule has 2 rings (SSSR count). The lowest BCUT2D eigenvalue weighted by Crippen LogP contribution is -2.66. The van der Waals surface area contributed by atoms with Crippen molar-refractivity contribution in [1.82, 2.24) is 9.80 Å². The number of nitrogens with zero attached hydrogens (tertiary/aromatic N) is 2. The molecule has 2 N–H and O–H groups in total. The second-order valence-electron chi connectivity index (χ2n) is 5.93. The minimum atomic E-state index is 0.180. The minimum absolute atomic E-state index is 0.180. The Balaban J connectivity index is 2.10. The molecule has 2 fully saturated rings. The van der Waals surface area contributed by atoms with E-state index < -0.39 is 0 Å². The quantitative estimate of drug-likeness (QED) is 0.765. The Bertz CT molecular complexity index is 251. The van der Waals surface area contributed by atoms with Crippen LogP contribution in [0.5, 0.6) is 0 Å². The molecule has 2 heterocycles. The molecule has 0 amide bonds. The monoisotopic (exact) mass is 241 g/mol. The van der Waals surface area contributed by atoms with Crippen LogP contribution >= 0.6 is 0 Å². The maximum absolute atomic E-state index is 6.11. The molecule has 0 bridgehead atoms. The Morgan fingerprint density at radius 3 is 2.47 bits per heavy atom. The van der Waals surface area contributed by atoms with Crippen molar-refractivity contribution < 1.29 is 4.74 Å². The van der Waals surface area contributed by atoms with Crippen LogP contribution in [0.2, 0.25) is 0 Å². The molecule has 0 aromatic carbocycles. The normalized spacial score (nSPS) is 41.6. The highest BCUT2D eigenvalue weighted by Crippen LogP contribution is 2.29. The molecule has 0 aromatic heterocycles. The molecular weight excluding hydrogens is 214 g/mol. The van der Waals surface area contributed by atoms with E-state index in [2.05, 4.69) is 30.7 Å². The van der Waals surface area contributed by atoms with Crippen molar-refractivity contribution in [2.45, 2.75) is 44.4 Å². The largest absolute Gasteiger partial charge is 0.373 e. The highest BCUT2D eigenvalue weighted by atomic mass is 16.5. The summed E-state index contributed by atoms with van der Waals surface area (Å²) in [5.41, 5.74) is 6.29. The Morgan fingerprint density at radius 1 is 1.29 bits per heavy atom.